The first kappa shape index (κ1) is 22.5. The minimum absolute atomic E-state index is 0.0448. The summed E-state index contributed by atoms with van der Waals surface area (Å²) in [5.74, 6) is 1.82. The predicted octanol–water partition coefficient (Wildman–Crippen LogP) is 4.40. The Morgan fingerprint density at radius 2 is 1.94 bits per heavy atom. The first-order chi connectivity index (χ1) is 16.6. The molecule has 34 heavy (non-hydrogen) atoms. The summed E-state index contributed by atoms with van der Waals surface area (Å²) >= 11 is 1.31. The predicted molar refractivity (Wildman–Crippen MR) is 126 cm³/mol. The van der Waals surface area contributed by atoms with E-state index in [1.165, 1.54) is 17.8 Å². The molecule has 0 N–H and O–H groups in total. The molecule has 2 aromatic carbocycles. The highest BCUT2D eigenvalue weighted by Crippen LogP contribution is 2.36. The van der Waals surface area contributed by atoms with Gasteiger partial charge in [0, 0.05) is 24.7 Å². The second-order valence-electron chi connectivity index (χ2n) is 8.24. The fourth-order valence-corrected chi connectivity index (χ4v) is 4.76. The van der Waals surface area contributed by atoms with Crippen LogP contribution in [-0.4, -0.2) is 44.0 Å². The maximum absolute atomic E-state index is 14.2. The lowest BCUT2D eigenvalue weighted by molar-refractivity contribution is -0.129. The first-order valence-electron chi connectivity index (χ1n) is 11.2. The summed E-state index contributed by atoms with van der Waals surface area (Å²) in [6, 6.07) is 14.3. The number of allylic oxidation sites excluding steroid dienone is 1. The Morgan fingerprint density at radius 3 is 2.71 bits per heavy atom. The quantitative estimate of drug-likeness (QED) is 0.334. The van der Waals surface area contributed by atoms with Crippen LogP contribution in [0.3, 0.4) is 0 Å². The monoisotopic (exact) mass is 480 g/mol. The van der Waals surface area contributed by atoms with Crippen molar-refractivity contribution in [3.8, 4) is 11.5 Å². The number of halogens is 1. The molecule has 5 rings (SSSR count). The fraction of sp³-hybridized carbons (Fsp3) is 0.320. The molecule has 1 fully saturated rings. The van der Waals surface area contributed by atoms with Gasteiger partial charge in [-0.05, 0) is 31.0 Å². The van der Waals surface area contributed by atoms with Crippen LogP contribution in [0.1, 0.15) is 30.3 Å². The summed E-state index contributed by atoms with van der Waals surface area (Å²) in [6.07, 6.45) is 3.23. The van der Waals surface area contributed by atoms with Gasteiger partial charge in [-0.2, -0.15) is 0 Å². The van der Waals surface area contributed by atoms with Gasteiger partial charge in [0.25, 0.3) is 0 Å². The van der Waals surface area contributed by atoms with Crippen molar-refractivity contribution in [1.29, 1.82) is 0 Å². The van der Waals surface area contributed by atoms with Crippen LogP contribution in [0, 0.1) is 5.82 Å². The van der Waals surface area contributed by atoms with Gasteiger partial charge < -0.3 is 14.4 Å². The number of para-hydroxylation sites is 2. The third kappa shape index (κ3) is 4.79. The number of benzene rings is 2. The number of amides is 1. The number of hydrogen-bond donors (Lipinski definition) is 0. The second-order valence-corrected chi connectivity index (χ2v) is 9.18. The summed E-state index contributed by atoms with van der Waals surface area (Å²) in [7, 11) is 0. The van der Waals surface area contributed by atoms with E-state index in [1.807, 2.05) is 28.8 Å². The van der Waals surface area contributed by atoms with Crippen molar-refractivity contribution >= 4 is 17.7 Å². The zero-order valence-electron chi connectivity index (χ0n) is 18.6. The number of carbonyl (C=O) groups excluding carboxylic acids is 1. The standard InChI is InChI=1S/C25H25FN4O3S/c1-2-13-29-24(22-15-32-20-9-5-6-10-21(20)33-22)27-28-25(29)34-16-23(31)30(18-11-12-18)14-17-7-3-4-8-19(17)26/h2-10,18,22H,1,11-16H2/t22-/m0/s1. The molecule has 0 bridgehead atoms. The summed E-state index contributed by atoms with van der Waals surface area (Å²) in [6.45, 7) is 4.90. The van der Waals surface area contributed by atoms with E-state index in [2.05, 4.69) is 16.8 Å². The van der Waals surface area contributed by atoms with Crippen molar-refractivity contribution in [3.05, 3.63) is 78.4 Å². The fourth-order valence-electron chi connectivity index (χ4n) is 3.92. The number of aromatic nitrogens is 3. The van der Waals surface area contributed by atoms with E-state index in [-0.39, 0.29) is 30.1 Å². The molecule has 1 atom stereocenters. The van der Waals surface area contributed by atoms with E-state index in [0.717, 1.165) is 12.8 Å². The summed E-state index contributed by atoms with van der Waals surface area (Å²) in [5.41, 5.74) is 0.527. The molecule has 2 aliphatic rings. The molecule has 176 valence electrons. The van der Waals surface area contributed by atoms with Crippen molar-refractivity contribution in [2.45, 2.75) is 43.2 Å². The van der Waals surface area contributed by atoms with Gasteiger partial charge in [-0.15, -0.1) is 16.8 Å². The summed E-state index contributed by atoms with van der Waals surface area (Å²) < 4.78 is 28.0. The van der Waals surface area contributed by atoms with Crippen LogP contribution in [0.5, 0.6) is 11.5 Å². The van der Waals surface area contributed by atoms with Gasteiger partial charge in [0.05, 0.1) is 5.75 Å². The van der Waals surface area contributed by atoms with Crippen molar-refractivity contribution in [2.75, 3.05) is 12.4 Å². The first-order valence-corrected chi connectivity index (χ1v) is 12.2. The molecular formula is C25H25FN4O3S. The molecule has 1 aliphatic carbocycles. The molecule has 1 aromatic heterocycles. The number of carbonyl (C=O) groups is 1. The van der Waals surface area contributed by atoms with Gasteiger partial charge in [-0.1, -0.05) is 48.2 Å². The molecule has 1 saturated carbocycles. The van der Waals surface area contributed by atoms with E-state index < -0.39 is 6.10 Å². The molecule has 7 nitrogen and oxygen atoms in total. The van der Waals surface area contributed by atoms with Gasteiger partial charge in [0.15, 0.2) is 28.6 Å². The third-order valence-electron chi connectivity index (χ3n) is 5.78. The average Bonchev–Trinajstić information content (AvgIpc) is 3.62. The van der Waals surface area contributed by atoms with E-state index in [9.17, 15) is 9.18 Å². The normalized spacial score (nSPS) is 16.8. The number of rotatable bonds is 9. The van der Waals surface area contributed by atoms with Crippen LogP contribution in [0.2, 0.25) is 0 Å². The second kappa shape index (κ2) is 9.89. The number of fused-ring (bicyclic) bond motifs is 1. The Kier molecular flexibility index (Phi) is 6.53. The lowest BCUT2D eigenvalue weighted by Crippen LogP contribution is -2.34. The smallest absolute Gasteiger partial charge is 0.233 e. The Hall–Kier alpha value is -3.33. The minimum Gasteiger partial charge on any atom is -0.485 e. The Morgan fingerprint density at radius 1 is 1.18 bits per heavy atom. The molecule has 1 amide bonds. The Balaban J connectivity index is 1.29. The van der Waals surface area contributed by atoms with Crippen LogP contribution in [0.15, 0.2) is 66.3 Å². The van der Waals surface area contributed by atoms with E-state index in [1.54, 1.807) is 29.2 Å². The largest absolute Gasteiger partial charge is 0.485 e. The van der Waals surface area contributed by atoms with Crippen molar-refractivity contribution in [2.24, 2.45) is 0 Å². The average molecular weight is 481 g/mol. The van der Waals surface area contributed by atoms with Crippen LogP contribution < -0.4 is 9.47 Å². The highest BCUT2D eigenvalue weighted by Gasteiger charge is 2.33. The van der Waals surface area contributed by atoms with Crippen LogP contribution >= 0.6 is 11.8 Å². The highest BCUT2D eigenvalue weighted by atomic mass is 32.2. The number of hydrogen-bond acceptors (Lipinski definition) is 6. The third-order valence-corrected chi connectivity index (χ3v) is 6.74. The maximum Gasteiger partial charge on any atom is 0.233 e. The summed E-state index contributed by atoms with van der Waals surface area (Å²) in [4.78, 5) is 14.9. The van der Waals surface area contributed by atoms with Crippen LogP contribution in [-0.2, 0) is 17.9 Å². The summed E-state index contributed by atoms with van der Waals surface area (Å²) in [5, 5.41) is 9.27. The van der Waals surface area contributed by atoms with Crippen LogP contribution in [0.4, 0.5) is 4.39 Å². The lowest BCUT2D eigenvalue weighted by Gasteiger charge is -2.26. The molecule has 2 heterocycles. The number of thioether (sulfide) groups is 1. The van der Waals surface area contributed by atoms with Gasteiger partial charge in [0.1, 0.15) is 12.4 Å². The zero-order valence-corrected chi connectivity index (χ0v) is 19.4. The molecule has 9 heteroatoms. The number of ether oxygens (including phenoxy) is 2. The zero-order chi connectivity index (χ0) is 23.5. The Bertz CT molecular complexity index is 1200. The topological polar surface area (TPSA) is 69.5 Å². The van der Waals surface area contributed by atoms with E-state index in [0.29, 0.717) is 41.2 Å². The molecule has 0 unspecified atom stereocenters. The van der Waals surface area contributed by atoms with Crippen LogP contribution in [0.25, 0.3) is 0 Å². The molecule has 1 aliphatic heterocycles. The SMILES string of the molecule is C=CCn1c(SCC(=O)N(Cc2ccccc2F)C2CC2)nnc1[C@@H]1COc2ccccc2O1. The van der Waals surface area contributed by atoms with Gasteiger partial charge in [0.2, 0.25) is 5.91 Å². The van der Waals surface area contributed by atoms with Gasteiger partial charge >= 0.3 is 0 Å². The molecule has 0 saturated heterocycles. The van der Waals surface area contributed by atoms with Gasteiger partial charge in [-0.25, -0.2) is 4.39 Å². The van der Waals surface area contributed by atoms with Crippen molar-refractivity contribution in [3.63, 3.8) is 0 Å². The molecule has 0 spiro atoms. The minimum atomic E-state index is -0.420. The lowest BCUT2D eigenvalue weighted by atomic mass is 10.2. The molecular weight excluding hydrogens is 455 g/mol. The van der Waals surface area contributed by atoms with Gasteiger partial charge in [-0.3, -0.25) is 9.36 Å². The van der Waals surface area contributed by atoms with Crippen molar-refractivity contribution in [1.82, 2.24) is 19.7 Å². The van der Waals surface area contributed by atoms with E-state index in [4.69, 9.17) is 9.47 Å². The van der Waals surface area contributed by atoms with Crippen molar-refractivity contribution < 1.29 is 18.7 Å². The maximum atomic E-state index is 14.2. The molecule has 3 aromatic rings. The Labute approximate surface area is 201 Å². The van der Waals surface area contributed by atoms with E-state index >= 15 is 0 Å². The number of nitrogens with zero attached hydrogens (tertiary/aromatic N) is 4. The molecule has 0 radical (unpaired) electrons. The highest BCUT2D eigenvalue weighted by molar-refractivity contribution is 7.99.